The predicted molar refractivity (Wildman–Crippen MR) is 129 cm³/mol. The highest BCUT2D eigenvalue weighted by Gasteiger charge is 2.26. The summed E-state index contributed by atoms with van der Waals surface area (Å²) in [5.41, 5.74) is 2.18. The van der Waals surface area contributed by atoms with Crippen LogP contribution < -0.4 is 4.90 Å². The highest BCUT2D eigenvalue weighted by atomic mass is 16.4. The molecule has 9 nitrogen and oxygen atoms in total. The van der Waals surface area contributed by atoms with Crippen LogP contribution in [0.2, 0.25) is 0 Å². The number of fused-ring (bicyclic) bond motifs is 1. The van der Waals surface area contributed by atoms with Crippen LogP contribution >= 0.6 is 0 Å². The Bertz CT molecular complexity index is 1460. The van der Waals surface area contributed by atoms with E-state index < -0.39 is 0 Å². The van der Waals surface area contributed by atoms with Crippen molar-refractivity contribution >= 4 is 28.8 Å². The van der Waals surface area contributed by atoms with Crippen LogP contribution in [0.3, 0.4) is 0 Å². The third kappa shape index (κ3) is 4.40. The maximum atomic E-state index is 12.9. The molecule has 5 rings (SSSR count). The standard InChI is InChI=1S/C26H22N6O3/c27-10-4-11-32-18-19(20-5-1-2-6-22(20)32)8-9-24(33)30-12-14-31(15-13-30)26-21(17-28)29-25(35-26)23-7-3-16-34-23/h1-3,5-9,16,18H,4,11-15H2/b9-8+. The van der Waals surface area contributed by atoms with Crippen molar-refractivity contribution in [1.82, 2.24) is 14.5 Å². The van der Waals surface area contributed by atoms with Gasteiger partial charge < -0.3 is 23.2 Å². The molecule has 0 atom stereocenters. The van der Waals surface area contributed by atoms with Gasteiger partial charge in [0.05, 0.1) is 18.8 Å². The average Bonchev–Trinajstić information content (AvgIpc) is 3.65. The van der Waals surface area contributed by atoms with E-state index >= 15 is 0 Å². The second kappa shape index (κ2) is 9.62. The van der Waals surface area contributed by atoms with Crippen LogP contribution in [-0.2, 0) is 11.3 Å². The Morgan fingerprint density at radius 3 is 2.69 bits per heavy atom. The van der Waals surface area contributed by atoms with E-state index in [1.54, 1.807) is 23.1 Å². The van der Waals surface area contributed by atoms with Gasteiger partial charge in [-0.3, -0.25) is 4.79 Å². The molecule has 9 heteroatoms. The van der Waals surface area contributed by atoms with Crippen molar-refractivity contribution < 1.29 is 13.6 Å². The molecule has 0 saturated carbocycles. The van der Waals surface area contributed by atoms with Crippen LogP contribution in [-0.4, -0.2) is 46.5 Å². The summed E-state index contributed by atoms with van der Waals surface area (Å²) in [7, 11) is 0. The van der Waals surface area contributed by atoms with Gasteiger partial charge in [-0.25, -0.2) is 0 Å². The summed E-state index contributed by atoms with van der Waals surface area (Å²) in [4.78, 5) is 20.8. The van der Waals surface area contributed by atoms with Crippen molar-refractivity contribution in [2.24, 2.45) is 0 Å². The normalized spacial score (nSPS) is 13.9. The van der Waals surface area contributed by atoms with Gasteiger partial charge in [-0.15, -0.1) is 0 Å². The van der Waals surface area contributed by atoms with Crippen molar-refractivity contribution in [1.29, 1.82) is 10.5 Å². The molecule has 0 N–H and O–H groups in total. The number of aryl methyl sites for hydroxylation is 1. The fraction of sp³-hybridized carbons (Fsp3) is 0.231. The first-order valence-corrected chi connectivity index (χ1v) is 11.3. The van der Waals surface area contributed by atoms with Crippen molar-refractivity contribution in [3.05, 3.63) is 66.2 Å². The second-order valence-corrected chi connectivity index (χ2v) is 8.11. The molecule has 1 aromatic carbocycles. The molecule has 1 aliphatic heterocycles. The minimum atomic E-state index is -0.0761. The topological polar surface area (TPSA) is 115 Å². The van der Waals surface area contributed by atoms with Gasteiger partial charge in [0.15, 0.2) is 5.76 Å². The molecule has 1 fully saturated rings. The minimum Gasteiger partial charge on any atom is -0.459 e. The molecule has 1 saturated heterocycles. The molecule has 0 aliphatic carbocycles. The summed E-state index contributed by atoms with van der Waals surface area (Å²) in [5.74, 6) is 1.04. The number of oxazole rings is 1. The maximum Gasteiger partial charge on any atom is 0.266 e. The average molecular weight is 467 g/mol. The summed E-state index contributed by atoms with van der Waals surface area (Å²) in [6, 6.07) is 15.7. The summed E-state index contributed by atoms with van der Waals surface area (Å²) in [5, 5.41) is 19.5. The quantitative estimate of drug-likeness (QED) is 0.394. The van der Waals surface area contributed by atoms with Gasteiger partial charge >= 0.3 is 0 Å². The zero-order valence-electron chi connectivity index (χ0n) is 18.9. The monoisotopic (exact) mass is 466 g/mol. The van der Waals surface area contributed by atoms with Crippen molar-refractivity contribution in [3.63, 3.8) is 0 Å². The maximum absolute atomic E-state index is 12.9. The number of para-hydroxylation sites is 1. The number of hydrogen-bond acceptors (Lipinski definition) is 7. The Morgan fingerprint density at radius 1 is 1.11 bits per heavy atom. The van der Waals surface area contributed by atoms with Gasteiger partial charge in [-0.2, -0.15) is 15.5 Å². The summed E-state index contributed by atoms with van der Waals surface area (Å²) < 4.78 is 13.2. The van der Waals surface area contributed by atoms with Crippen LogP contribution in [0.25, 0.3) is 28.6 Å². The van der Waals surface area contributed by atoms with Crippen LogP contribution in [0.4, 0.5) is 5.88 Å². The molecular weight excluding hydrogens is 444 g/mol. The number of benzene rings is 1. The first-order valence-electron chi connectivity index (χ1n) is 11.3. The lowest BCUT2D eigenvalue weighted by molar-refractivity contribution is -0.126. The minimum absolute atomic E-state index is 0.0761. The van der Waals surface area contributed by atoms with E-state index in [4.69, 9.17) is 14.1 Å². The van der Waals surface area contributed by atoms with Gasteiger partial charge in [0.25, 0.3) is 5.89 Å². The molecule has 1 aliphatic rings. The van der Waals surface area contributed by atoms with E-state index in [2.05, 4.69) is 17.1 Å². The SMILES string of the molecule is N#CCCn1cc(/C=C/C(=O)N2CCN(c3oc(-c4ccco4)nc3C#N)CC2)c2ccccc21. The van der Waals surface area contributed by atoms with Crippen molar-refractivity contribution in [2.75, 3.05) is 31.1 Å². The Kier molecular flexibility index (Phi) is 6.06. The van der Waals surface area contributed by atoms with Gasteiger partial charge in [-0.1, -0.05) is 18.2 Å². The zero-order valence-corrected chi connectivity index (χ0v) is 18.9. The third-order valence-electron chi connectivity index (χ3n) is 6.02. The number of nitrogens with zero attached hydrogens (tertiary/aromatic N) is 6. The summed E-state index contributed by atoms with van der Waals surface area (Å²) >= 11 is 0. The summed E-state index contributed by atoms with van der Waals surface area (Å²) in [6.07, 6.45) is 7.35. The number of piperazine rings is 1. The van der Waals surface area contributed by atoms with Crippen LogP contribution in [0.1, 0.15) is 17.7 Å². The first kappa shape index (κ1) is 22.1. The smallest absolute Gasteiger partial charge is 0.266 e. The van der Waals surface area contributed by atoms with E-state index in [1.165, 1.54) is 6.26 Å². The van der Waals surface area contributed by atoms with Gasteiger partial charge in [0.1, 0.15) is 6.07 Å². The van der Waals surface area contributed by atoms with E-state index in [0.29, 0.717) is 50.8 Å². The fourth-order valence-electron chi connectivity index (χ4n) is 4.26. The Hall–Kier alpha value is -4.76. The molecule has 0 unspecified atom stereocenters. The molecule has 4 aromatic rings. The molecule has 0 bridgehead atoms. The highest BCUT2D eigenvalue weighted by molar-refractivity contribution is 5.96. The van der Waals surface area contributed by atoms with Crippen molar-refractivity contribution in [3.8, 4) is 23.8 Å². The third-order valence-corrected chi connectivity index (χ3v) is 6.02. The Labute approximate surface area is 201 Å². The van der Waals surface area contributed by atoms with E-state index in [9.17, 15) is 10.1 Å². The molecule has 4 heterocycles. The number of aromatic nitrogens is 2. The van der Waals surface area contributed by atoms with Gasteiger partial charge in [-0.05, 0) is 24.3 Å². The molecular formula is C26H22N6O3. The molecule has 1 amide bonds. The molecule has 174 valence electrons. The van der Waals surface area contributed by atoms with Crippen molar-refractivity contribution in [2.45, 2.75) is 13.0 Å². The van der Waals surface area contributed by atoms with E-state index in [-0.39, 0.29) is 17.5 Å². The number of amides is 1. The Balaban J connectivity index is 1.26. The molecule has 0 spiro atoms. The molecule has 35 heavy (non-hydrogen) atoms. The lowest BCUT2D eigenvalue weighted by Gasteiger charge is -2.33. The number of furan rings is 1. The lowest BCUT2D eigenvalue weighted by atomic mass is 10.1. The van der Waals surface area contributed by atoms with Gasteiger partial charge in [0.2, 0.25) is 17.5 Å². The number of carbonyl (C=O) groups excluding carboxylic acids is 1. The Morgan fingerprint density at radius 2 is 1.94 bits per heavy atom. The molecule has 3 aromatic heterocycles. The molecule has 0 radical (unpaired) electrons. The number of rotatable bonds is 6. The largest absolute Gasteiger partial charge is 0.459 e. The number of hydrogen-bond donors (Lipinski definition) is 0. The zero-order chi connectivity index (χ0) is 24.2. The number of nitriles is 2. The van der Waals surface area contributed by atoms with Gasteiger partial charge in [0, 0.05) is 61.5 Å². The number of anilines is 1. The summed E-state index contributed by atoms with van der Waals surface area (Å²) in [6.45, 7) is 2.64. The lowest BCUT2D eigenvalue weighted by Crippen LogP contribution is -2.48. The van der Waals surface area contributed by atoms with Crippen LogP contribution in [0.15, 0.2) is 63.8 Å². The first-order chi connectivity index (χ1) is 17.2. The van der Waals surface area contributed by atoms with Crippen LogP contribution in [0, 0.1) is 22.7 Å². The second-order valence-electron chi connectivity index (χ2n) is 8.11. The van der Waals surface area contributed by atoms with Crippen LogP contribution in [0.5, 0.6) is 0 Å². The number of carbonyl (C=O) groups is 1. The highest BCUT2D eigenvalue weighted by Crippen LogP contribution is 2.29. The van der Waals surface area contributed by atoms with E-state index in [1.807, 2.05) is 46.0 Å². The fourth-order valence-corrected chi connectivity index (χ4v) is 4.26. The van der Waals surface area contributed by atoms with E-state index in [0.717, 1.165) is 16.5 Å². The predicted octanol–water partition coefficient (Wildman–Crippen LogP) is 4.04.